The summed E-state index contributed by atoms with van der Waals surface area (Å²) < 4.78 is 0. The molecule has 3 aromatic heterocycles. The molecule has 3 aromatic rings. The van der Waals surface area contributed by atoms with Gasteiger partial charge in [-0.25, -0.2) is 15.0 Å². The summed E-state index contributed by atoms with van der Waals surface area (Å²) in [5.74, 6) is 1.72. The van der Waals surface area contributed by atoms with Gasteiger partial charge in [-0.3, -0.25) is 4.79 Å². The molecule has 1 unspecified atom stereocenters. The molecule has 1 amide bonds. The fourth-order valence-corrected chi connectivity index (χ4v) is 4.48. The maximum atomic E-state index is 12.7. The number of piperidine rings is 1. The summed E-state index contributed by atoms with van der Waals surface area (Å²) in [4.78, 5) is 33.9. The molecule has 1 atom stereocenters. The number of hydrogen-bond acceptors (Lipinski definition) is 9. The van der Waals surface area contributed by atoms with Crippen LogP contribution >= 0.6 is 11.3 Å². The van der Waals surface area contributed by atoms with Gasteiger partial charge in [0, 0.05) is 23.9 Å². The summed E-state index contributed by atoms with van der Waals surface area (Å²) in [6.07, 6.45) is 7.89. The van der Waals surface area contributed by atoms with Crippen LogP contribution in [0.3, 0.4) is 0 Å². The van der Waals surface area contributed by atoms with E-state index in [1.165, 1.54) is 12.4 Å². The second-order valence-corrected chi connectivity index (χ2v) is 9.05. The lowest BCUT2D eigenvalue weighted by molar-refractivity contribution is -0.116. The predicted octanol–water partition coefficient (Wildman–Crippen LogP) is 3.91. The molecule has 4 heterocycles. The molecular formula is C23H27N9OS. The Morgan fingerprint density at radius 2 is 2.09 bits per heavy atom. The van der Waals surface area contributed by atoms with E-state index in [1.807, 2.05) is 13.0 Å². The maximum absolute atomic E-state index is 12.7. The van der Waals surface area contributed by atoms with Crippen molar-refractivity contribution in [3.63, 3.8) is 0 Å². The molecule has 176 valence electrons. The number of carbonyl (C=O) groups excluding carboxylic acids is 1. The Balaban J connectivity index is 1.45. The van der Waals surface area contributed by atoms with E-state index in [9.17, 15) is 4.79 Å². The molecule has 0 bridgehead atoms. The van der Waals surface area contributed by atoms with E-state index >= 15 is 0 Å². The third kappa shape index (κ3) is 6.46. The van der Waals surface area contributed by atoms with E-state index in [-0.39, 0.29) is 11.7 Å². The SMILES string of the molecule is [C-]#[N+]c1cnc(Nc2cc(NCC3CCCNC3)c(NC(=O)CCc3scnc3C)cn2)cn1. The Hall–Kier alpha value is -3.62. The zero-order valence-corrected chi connectivity index (χ0v) is 19.8. The summed E-state index contributed by atoms with van der Waals surface area (Å²) in [7, 11) is 0. The van der Waals surface area contributed by atoms with Crippen molar-refractivity contribution in [1.29, 1.82) is 0 Å². The van der Waals surface area contributed by atoms with E-state index in [0.717, 1.165) is 48.7 Å². The number of carbonyl (C=O) groups is 1. The van der Waals surface area contributed by atoms with E-state index in [1.54, 1.807) is 23.0 Å². The first-order valence-corrected chi connectivity index (χ1v) is 12.1. The van der Waals surface area contributed by atoms with E-state index in [0.29, 0.717) is 36.1 Å². The first-order chi connectivity index (χ1) is 16.6. The third-order valence-electron chi connectivity index (χ3n) is 5.59. The number of hydrogen-bond donors (Lipinski definition) is 4. The van der Waals surface area contributed by atoms with Gasteiger partial charge in [0.2, 0.25) is 5.91 Å². The van der Waals surface area contributed by atoms with E-state index in [4.69, 9.17) is 6.57 Å². The number of aromatic nitrogens is 4. The molecule has 1 aliphatic heterocycles. The number of nitrogens with zero attached hydrogens (tertiary/aromatic N) is 5. The van der Waals surface area contributed by atoms with Crippen LogP contribution in [0.2, 0.25) is 0 Å². The minimum Gasteiger partial charge on any atom is -0.383 e. The van der Waals surface area contributed by atoms with Gasteiger partial charge in [-0.05, 0) is 45.2 Å². The predicted molar refractivity (Wildman–Crippen MR) is 134 cm³/mol. The normalized spacial score (nSPS) is 15.4. The average molecular weight is 478 g/mol. The number of pyridine rings is 1. The van der Waals surface area contributed by atoms with Crippen molar-refractivity contribution >= 4 is 46.1 Å². The van der Waals surface area contributed by atoms with Crippen LogP contribution in [0.4, 0.5) is 28.8 Å². The molecule has 4 rings (SSSR count). The number of anilines is 4. The molecule has 34 heavy (non-hydrogen) atoms. The monoisotopic (exact) mass is 477 g/mol. The number of amides is 1. The summed E-state index contributed by atoms with van der Waals surface area (Å²) in [6.45, 7) is 11.8. The highest BCUT2D eigenvalue weighted by Crippen LogP contribution is 2.27. The first kappa shape index (κ1) is 23.5. The zero-order valence-electron chi connectivity index (χ0n) is 19.0. The molecule has 4 N–H and O–H groups in total. The Morgan fingerprint density at radius 3 is 2.79 bits per heavy atom. The van der Waals surface area contributed by atoms with Crippen LogP contribution in [0.25, 0.3) is 4.85 Å². The van der Waals surface area contributed by atoms with Gasteiger partial charge in [0.15, 0.2) is 12.0 Å². The fourth-order valence-electron chi connectivity index (χ4n) is 3.70. The Morgan fingerprint density at radius 1 is 1.21 bits per heavy atom. The van der Waals surface area contributed by atoms with Crippen LogP contribution in [0.5, 0.6) is 0 Å². The lowest BCUT2D eigenvalue weighted by Gasteiger charge is -2.24. The van der Waals surface area contributed by atoms with E-state index in [2.05, 4.69) is 46.0 Å². The Kier molecular flexibility index (Phi) is 7.95. The highest BCUT2D eigenvalue weighted by atomic mass is 32.1. The minimum atomic E-state index is -0.0710. The lowest BCUT2D eigenvalue weighted by atomic mass is 10.00. The number of thiazole rings is 1. The van der Waals surface area contributed by atoms with E-state index < -0.39 is 0 Å². The van der Waals surface area contributed by atoms with Crippen molar-refractivity contribution in [2.24, 2.45) is 5.92 Å². The zero-order chi connectivity index (χ0) is 23.8. The smallest absolute Gasteiger partial charge is 0.288 e. The quantitative estimate of drug-likeness (QED) is 0.342. The van der Waals surface area contributed by atoms with Crippen molar-refractivity contribution in [2.75, 3.05) is 35.6 Å². The molecule has 0 spiro atoms. The summed E-state index contributed by atoms with van der Waals surface area (Å²) in [5, 5.41) is 13.0. The maximum Gasteiger partial charge on any atom is 0.288 e. The molecule has 0 radical (unpaired) electrons. The molecule has 0 aromatic carbocycles. The van der Waals surface area contributed by atoms with Crippen molar-refractivity contribution in [3.8, 4) is 0 Å². The number of aryl methyl sites for hydroxylation is 2. The van der Waals surface area contributed by atoms with Gasteiger partial charge in [-0.2, -0.15) is 0 Å². The van der Waals surface area contributed by atoms with Gasteiger partial charge in [-0.15, -0.1) is 16.3 Å². The minimum absolute atomic E-state index is 0.0710. The van der Waals surface area contributed by atoms with Gasteiger partial charge in [0.1, 0.15) is 5.82 Å². The first-order valence-electron chi connectivity index (χ1n) is 11.2. The van der Waals surface area contributed by atoms with Crippen molar-refractivity contribution in [1.82, 2.24) is 25.3 Å². The summed E-state index contributed by atoms with van der Waals surface area (Å²) in [5.41, 5.74) is 4.21. The van der Waals surface area contributed by atoms with Crippen molar-refractivity contribution in [2.45, 2.75) is 32.6 Å². The molecular weight excluding hydrogens is 450 g/mol. The topological polar surface area (TPSA) is 121 Å². The second kappa shape index (κ2) is 11.5. The Labute approximate surface area is 202 Å². The molecule has 11 heteroatoms. The summed E-state index contributed by atoms with van der Waals surface area (Å²) in [6, 6.07) is 1.85. The molecule has 1 saturated heterocycles. The number of rotatable bonds is 9. The van der Waals surface area contributed by atoms with Crippen LogP contribution < -0.4 is 21.3 Å². The van der Waals surface area contributed by atoms with Crippen LogP contribution in [-0.4, -0.2) is 45.5 Å². The molecule has 10 nitrogen and oxygen atoms in total. The molecule has 0 aliphatic carbocycles. The fraction of sp³-hybridized carbons (Fsp3) is 0.391. The second-order valence-electron chi connectivity index (χ2n) is 8.11. The van der Waals surface area contributed by atoms with Crippen LogP contribution in [0.1, 0.15) is 29.8 Å². The molecule has 1 aliphatic rings. The molecule has 0 saturated carbocycles. The highest BCUT2D eigenvalue weighted by molar-refractivity contribution is 7.09. The highest BCUT2D eigenvalue weighted by Gasteiger charge is 2.15. The lowest BCUT2D eigenvalue weighted by Crippen LogP contribution is -2.33. The largest absolute Gasteiger partial charge is 0.383 e. The standard InChI is InChI=1S/C23H27N9OS/c1-15-19(34-14-30-15)5-6-23(33)31-18-11-27-20(32-22-13-28-21(24-2)12-29-22)8-17(18)26-10-16-4-3-7-25-9-16/h8,11-14,16,25H,3-7,9-10H2,1H3,(H,31,33)(H2,26,27,29,32). The van der Waals surface area contributed by atoms with Crippen LogP contribution in [-0.2, 0) is 11.2 Å². The van der Waals surface area contributed by atoms with Crippen molar-refractivity contribution in [3.05, 3.63) is 52.2 Å². The van der Waals surface area contributed by atoms with Gasteiger partial charge in [0.05, 0.1) is 35.0 Å². The number of nitrogens with one attached hydrogen (secondary N) is 4. The molecule has 1 fully saturated rings. The van der Waals surface area contributed by atoms with Gasteiger partial charge in [-0.1, -0.05) is 6.57 Å². The third-order valence-corrected chi connectivity index (χ3v) is 6.59. The Bertz CT molecular complexity index is 1150. The average Bonchev–Trinajstić information content (AvgIpc) is 3.28. The summed E-state index contributed by atoms with van der Waals surface area (Å²) >= 11 is 1.57. The van der Waals surface area contributed by atoms with Gasteiger partial charge >= 0.3 is 0 Å². The van der Waals surface area contributed by atoms with Crippen molar-refractivity contribution < 1.29 is 4.79 Å². The van der Waals surface area contributed by atoms with Crippen LogP contribution in [0.15, 0.2) is 30.2 Å². The van der Waals surface area contributed by atoms with Gasteiger partial charge < -0.3 is 26.1 Å². The van der Waals surface area contributed by atoms with Gasteiger partial charge in [0.25, 0.3) is 5.82 Å². The van der Waals surface area contributed by atoms with Crippen LogP contribution in [0, 0.1) is 19.4 Å².